The minimum atomic E-state index is -3.65. The molecule has 1 rings (SSSR count). The molecule has 0 saturated heterocycles. The van der Waals surface area contributed by atoms with Crippen LogP contribution < -0.4 is 15.8 Å². The molecule has 4 N–H and O–H groups in total. The summed E-state index contributed by atoms with van der Waals surface area (Å²) in [6.07, 6.45) is 4.86. The Labute approximate surface area is 175 Å². The van der Waals surface area contributed by atoms with Gasteiger partial charge in [-0.3, -0.25) is 0 Å². The van der Waals surface area contributed by atoms with Crippen LogP contribution in [0.4, 0.5) is 0 Å². The molecule has 150 valence electrons. The Balaban J connectivity index is 0.00000625. The summed E-state index contributed by atoms with van der Waals surface area (Å²) < 4.78 is 22.6. The quantitative estimate of drug-likeness (QED) is 0.263. The highest BCUT2D eigenvalue weighted by Gasteiger charge is 2.08. The van der Waals surface area contributed by atoms with Crippen LogP contribution in [0.3, 0.4) is 0 Å². The number of nitrogens with two attached hydrogens (primary N) is 1. The molecule has 6 nitrogen and oxygen atoms in total. The first-order valence-corrected chi connectivity index (χ1v) is 10.6. The van der Waals surface area contributed by atoms with Gasteiger partial charge in [0.05, 0.1) is 11.4 Å². The molecule has 0 amide bonds. The topological polar surface area (TPSA) is 96.6 Å². The van der Waals surface area contributed by atoms with E-state index in [2.05, 4.69) is 29.5 Å². The van der Waals surface area contributed by atoms with Gasteiger partial charge in [-0.2, -0.15) is 0 Å². The van der Waals surface area contributed by atoms with Gasteiger partial charge in [-0.15, -0.1) is 24.0 Å². The van der Waals surface area contributed by atoms with Crippen LogP contribution in [0.15, 0.2) is 34.2 Å². The number of primary sulfonamides is 1. The van der Waals surface area contributed by atoms with Gasteiger partial charge in [0.2, 0.25) is 10.0 Å². The van der Waals surface area contributed by atoms with E-state index < -0.39 is 10.0 Å². The summed E-state index contributed by atoms with van der Waals surface area (Å²) in [4.78, 5) is 4.69. The van der Waals surface area contributed by atoms with Gasteiger partial charge in [0, 0.05) is 13.1 Å². The van der Waals surface area contributed by atoms with Crippen molar-refractivity contribution in [2.45, 2.75) is 57.9 Å². The lowest BCUT2D eigenvalue weighted by Crippen LogP contribution is -2.39. The lowest BCUT2D eigenvalue weighted by molar-refractivity contribution is 0.443. The van der Waals surface area contributed by atoms with Crippen LogP contribution in [0.5, 0.6) is 0 Å². The van der Waals surface area contributed by atoms with Gasteiger partial charge in [0.15, 0.2) is 5.96 Å². The fourth-order valence-electron chi connectivity index (χ4n) is 2.48. The minimum absolute atomic E-state index is 0. The molecule has 0 aromatic heterocycles. The average Bonchev–Trinajstić information content (AvgIpc) is 2.59. The summed E-state index contributed by atoms with van der Waals surface area (Å²) in [7, 11) is -3.65. The number of guanidine groups is 1. The van der Waals surface area contributed by atoms with Crippen molar-refractivity contribution in [3.05, 3.63) is 29.8 Å². The molecule has 26 heavy (non-hydrogen) atoms. The van der Waals surface area contributed by atoms with Crippen molar-refractivity contribution < 1.29 is 8.42 Å². The van der Waals surface area contributed by atoms with Crippen molar-refractivity contribution >= 4 is 40.0 Å². The number of nitrogens with one attached hydrogen (secondary N) is 2. The van der Waals surface area contributed by atoms with Gasteiger partial charge >= 0.3 is 0 Å². The molecule has 0 spiro atoms. The molecule has 0 aliphatic heterocycles. The highest BCUT2D eigenvalue weighted by atomic mass is 127. The van der Waals surface area contributed by atoms with E-state index in [1.807, 2.05) is 6.92 Å². The Kier molecular flexibility index (Phi) is 12.9. The first-order chi connectivity index (χ1) is 11.9. The summed E-state index contributed by atoms with van der Waals surface area (Å²) in [6, 6.07) is 6.50. The Morgan fingerprint density at radius 1 is 1.15 bits per heavy atom. The van der Waals surface area contributed by atoms with Crippen molar-refractivity contribution in [1.29, 1.82) is 0 Å². The molecule has 0 bridgehead atoms. The van der Waals surface area contributed by atoms with Crippen molar-refractivity contribution in [1.82, 2.24) is 10.6 Å². The molecule has 1 unspecified atom stereocenters. The standard InChI is InChI=1S/C18H32N4O2S.HI/c1-4-7-8-15(5-2)13-21-18(20-6-3)22-14-16-9-11-17(12-10-16)25(19,23)24;/h9-12,15H,4-8,13-14H2,1-3H3,(H2,19,23,24)(H2,20,21,22);1H. The minimum Gasteiger partial charge on any atom is -0.357 e. The molecule has 8 heteroatoms. The Hall–Kier alpha value is -0.870. The van der Waals surface area contributed by atoms with Crippen LogP contribution in [0.1, 0.15) is 52.0 Å². The third-order valence-electron chi connectivity index (χ3n) is 4.12. The van der Waals surface area contributed by atoms with E-state index in [1.165, 1.54) is 31.4 Å². The van der Waals surface area contributed by atoms with E-state index in [4.69, 9.17) is 5.14 Å². The number of halogens is 1. The largest absolute Gasteiger partial charge is 0.357 e. The fourth-order valence-corrected chi connectivity index (χ4v) is 3.00. The highest BCUT2D eigenvalue weighted by molar-refractivity contribution is 14.0. The Morgan fingerprint density at radius 2 is 1.81 bits per heavy atom. The van der Waals surface area contributed by atoms with Crippen LogP contribution in [-0.2, 0) is 16.6 Å². The number of nitrogens with zero attached hydrogens (tertiary/aromatic N) is 1. The Morgan fingerprint density at radius 3 is 2.31 bits per heavy atom. The Bertz CT molecular complexity index is 633. The molecule has 0 aliphatic rings. The summed E-state index contributed by atoms with van der Waals surface area (Å²) >= 11 is 0. The van der Waals surface area contributed by atoms with E-state index in [0.717, 1.165) is 31.0 Å². The van der Waals surface area contributed by atoms with Crippen LogP contribution in [0.25, 0.3) is 0 Å². The summed E-state index contributed by atoms with van der Waals surface area (Å²) in [5.74, 6) is 1.44. The second-order valence-electron chi connectivity index (χ2n) is 6.18. The number of hydrogen-bond acceptors (Lipinski definition) is 3. The van der Waals surface area contributed by atoms with Crippen molar-refractivity contribution in [2.24, 2.45) is 16.0 Å². The van der Waals surface area contributed by atoms with Gasteiger partial charge in [-0.25, -0.2) is 18.5 Å². The summed E-state index contributed by atoms with van der Waals surface area (Å²) in [6.45, 7) is 8.65. The zero-order chi connectivity index (χ0) is 18.7. The number of hydrogen-bond donors (Lipinski definition) is 3. The number of aliphatic imine (C=N–C) groups is 1. The zero-order valence-corrected chi connectivity index (χ0v) is 19.1. The van der Waals surface area contributed by atoms with Crippen LogP contribution in [-0.4, -0.2) is 27.5 Å². The SMILES string of the molecule is CCCCC(CC)CNC(=NCc1ccc(S(N)(=O)=O)cc1)NCC.I. The first kappa shape index (κ1) is 25.1. The third kappa shape index (κ3) is 9.72. The molecule has 0 fully saturated rings. The number of benzene rings is 1. The molecule has 0 saturated carbocycles. The summed E-state index contributed by atoms with van der Waals surface area (Å²) in [5, 5.41) is 11.8. The fraction of sp³-hybridized carbons (Fsp3) is 0.611. The van der Waals surface area contributed by atoms with Crippen LogP contribution in [0.2, 0.25) is 0 Å². The van der Waals surface area contributed by atoms with Crippen molar-refractivity contribution in [3.8, 4) is 0 Å². The third-order valence-corrected chi connectivity index (χ3v) is 5.05. The molecule has 0 heterocycles. The normalized spacial score (nSPS) is 13.0. The van der Waals surface area contributed by atoms with Gasteiger partial charge in [0.1, 0.15) is 0 Å². The number of sulfonamides is 1. The van der Waals surface area contributed by atoms with Crippen LogP contribution >= 0.6 is 24.0 Å². The first-order valence-electron chi connectivity index (χ1n) is 9.04. The van der Waals surface area contributed by atoms with Crippen LogP contribution in [0, 0.1) is 5.92 Å². The van der Waals surface area contributed by atoms with E-state index in [0.29, 0.717) is 12.5 Å². The predicted octanol–water partition coefficient (Wildman–Crippen LogP) is 3.22. The average molecular weight is 496 g/mol. The molecule has 1 aromatic rings. The highest BCUT2D eigenvalue weighted by Crippen LogP contribution is 2.11. The maximum absolute atomic E-state index is 11.3. The van der Waals surface area contributed by atoms with Gasteiger partial charge in [-0.05, 0) is 37.0 Å². The van der Waals surface area contributed by atoms with E-state index in [1.54, 1.807) is 12.1 Å². The maximum atomic E-state index is 11.3. The van der Waals surface area contributed by atoms with Crippen molar-refractivity contribution in [3.63, 3.8) is 0 Å². The second kappa shape index (κ2) is 13.3. The maximum Gasteiger partial charge on any atom is 0.238 e. The van der Waals surface area contributed by atoms with Crippen molar-refractivity contribution in [2.75, 3.05) is 13.1 Å². The van der Waals surface area contributed by atoms with E-state index in [-0.39, 0.29) is 28.9 Å². The molecule has 1 atom stereocenters. The second-order valence-corrected chi connectivity index (χ2v) is 7.74. The zero-order valence-electron chi connectivity index (χ0n) is 16.0. The predicted molar refractivity (Wildman–Crippen MR) is 119 cm³/mol. The summed E-state index contributed by atoms with van der Waals surface area (Å²) in [5.41, 5.74) is 0.933. The van der Waals surface area contributed by atoms with E-state index >= 15 is 0 Å². The molecular formula is C18H33IN4O2S. The van der Waals surface area contributed by atoms with Gasteiger partial charge < -0.3 is 10.6 Å². The lowest BCUT2D eigenvalue weighted by Gasteiger charge is -2.18. The lowest BCUT2D eigenvalue weighted by atomic mass is 9.99. The van der Waals surface area contributed by atoms with E-state index in [9.17, 15) is 8.42 Å². The number of rotatable bonds is 10. The monoisotopic (exact) mass is 496 g/mol. The molecular weight excluding hydrogens is 463 g/mol. The molecule has 0 radical (unpaired) electrons. The molecule has 1 aromatic carbocycles. The smallest absolute Gasteiger partial charge is 0.238 e. The molecule has 0 aliphatic carbocycles. The van der Waals surface area contributed by atoms with Gasteiger partial charge in [0.25, 0.3) is 0 Å². The van der Waals surface area contributed by atoms with Gasteiger partial charge in [-0.1, -0.05) is 45.2 Å². The number of unbranched alkanes of at least 4 members (excludes halogenated alkanes) is 1.